The Labute approximate surface area is 116 Å². The van der Waals surface area contributed by atoms with Crippen LogP contribution in [0, 0.1) is 6.92 Å². The van der Waals surface area contributed by atoms with Crippen LogP contribution in [0.2, 0.25) is 5.02 Å². The van der Waals surface area contributed by atoms with Gasteiger partial charge in [-0.1, -0.05) is 41.4 Å². The number of nitrogens with zero attached hydrogens (tertiary/aromatic N) is 2. The van der Waals surface area contributed by atoms with Gasteiger partial charge in [0.05, 0.1) is 17.6 Å². The molecular formula is C15H14ClN3. The Balaban J connectivity index is 2.06. The summed E-state index contributed by atoms with van der Waals surface area (Å²) in [7, 11) is 0. The zero-order valence-electron chi connectivity index (χ0n) is 10.6. The summed E-state index contributed by atoms with van der Waals surface area (Å²) in [6.07, 6.45) is 0. The number of halogens is 1. The average Bonchev–Trinajstić information content (AvgIpc) is 2.69. The van der Waals surface area contributed by atoms with Crippen LogP contribution in [-0.2, 0) is 6.54 Å². The Hall–Kier alpha value is -2.00. The van der Waals surface area contributed by atoms with Crippen LogP contribution in [0.4, 0.5) is 5.95 Å². The first-order valence-corrected chi connectivity index (χ1v) is 6.48. The zero-order chi connectivity index (χ0) is 13.4. The maximum atomic E-state index is 6.04. The second kappa shape index (κ2) is 4.59. The van der Waals surface area contributed by atoms with Gasteiger partial charge in [0.25, 0.3) is 0 Å². The molecule has 0 radical (unpaired) electrons. The molecule has 0 aliphatic rings. The first kappa shape index (κ1) is 12.1. The quantitative estimate of drug-likeness (QED) is 0.773. The maximum Gasteiger partial charge on any atom is 0.201 e. The summed E-state index contributed by atoms with van der Waals surface area (Å²) < 4.78 is 1.98. The second-order valence-electron chi connectivity index (χ2n) is 4.67. The fraction of sp³-hybridized carbons (Fsp3) is 0.133. The number of aromatic nitrogens is 2. The van der Waals surface area contributed by atoms with E-state index < -0.39 is 0 Å². The molecule has 0 atom stereocenters. The van der Waals surface area contributed by atoms with Crippen molar-refractivity contribution in [2.45, 2.75) is 13.5 Å². The van der Waals surface area contributed by atoms with Gasteiger partial charge < -0.3 is 10.3 Å². The number of imidazole rings is 1. The molecule has 0 aliphatic carbocycles. The van der Waals surface area contributed by atoms with Gasteiger partial charge >= 0.3 is 0 Å². The van der Waals surface area contributed by atoms with Crippen LogP contribution in [0.25, 0.3) is 11.0 Å². The van der Waals surface area contributed by atoms with Gasteiger partial charge in [-0.25, -0.2) is 4.98 Å². The summed E-state index contributed by atoms with van der Waals surface area (Å²) >= 11 is 6.04. The molecule has 96 valence electrons. The predicted octanol–water partition coefficient (Wildman–Crippen LogP) is 3.63. The highest BCUT2D eigenvalue weighted by Gasteiger charge is 2.08. The van der Waals surface area contributed by atoms with Crippen LogP contribution in [0.15, 0.2) is 42.5 Å². The number of nitrogens with two attached hydrogens (primary N) is 1. The topological polar surface area (TPSA) is 43.8 Å². The molecule has 0 unspecified atom stereocenters. The molecule has 0 spiro atoms. The van der Waals surface area contributed by atoms with Gasteiger partial charge in [0, 0.05) is 5.02 Å². The fourth-order valence-electron chi connectivity index (χ4n) is 2.16. The lowest BCUT2D eigenvalue weighted by molar-refractivity contribution is 0.838. The van der Waals surface area contributed by atoms with Crippen LogP contribution in [0.1, 0.15) is 11.1 Å². The van der Waals surface area contributed by atoms with Crippen LogP contribution < -0.4 is 5.73 Å². The number of hydrogen-bond donors (Lipinski definition) is 1. The second-order valence-corrected chi connectivity index (χ2v) is 5.11. The van der Waals surface area contributed by atoms with Gasteiger partial charge in [-0.3, -0.25) is 0 Å². The van der Waals surface area contributed by atoms with Crippen molar-refractivity contribution < 1.29 is 0 Å². The third-order valence-corrected chi connectivity index (χ3v) is 3.44. The zero-order valence-corrected chi connectivity index (χ0v) is 11.4. The van der Waals surface area contributed by atoms with Crippen molar-refractivity contribution in [3.05, 3.63) is 58.6 Å². The lowest BCUT2D eigenvalue weighted by Crippen LogP contribution is -2.04. The van der Waals surface area contributed by atoms with Gasteiger partial charge in [0.1, 0.15) is 0 Å². The molecule has 2 N–H and O–H groups in total. The molecule has 3 aromatic rings. The van der Waals surface area contributed by atoms with Crippen LogP contribution in [0.5, 0.6) is 0 Å². The van der Waals surface area contributed by atoms with E-state index in [9.17, 15) is 0 Å². The van der Waals surface area contributed by atoms with E-state index in [2.05, 4.69) is 36.2 Å². The number of benzene rings is 2. The summed E-state index contributed by atoms with van der Waals surface area (Å²) in [4.78, 5) is 4.35. The largest absolute Gasteiger partial charge is 0.369 e. The monoisotopic (exact) mass is 271 g/mol. The molecule has 3 rings (SSSR count). The summed E-state index contributed by atoms with van der Waals surface area (Å²) in [5, 5.41) is 0.692. The molecule has 19 heavy (non-hydrogen) atoms. The highest BCUT2D eigenvalue weighted by Crippen LogP contribution is 2.23. The van der Waals surface area contributed by atoms with Crippen LogP contribution in [0.3, 0.4) is 0 Å². The Morgan fingerprint density at radius 1 is 1.16 bits per heavy atom. The highest BCUT2D eigenvalue weighted by atomic mass is 35.5. The van der Waals surface area contributed by atoms with Gasteiger partial charge in [0.2, 0.25) is 5.95 Å². The lowest BCUT2D eigenvalue weighted by atomic mass is 10.1. The summed E-state index contributed by atoms with van der Waals surface area (Å²) in [5.74, 6) is 0.512. The van der Waals surface area contributed by atoms with Crippen LogP contribution >= 0.6 is 11.6 Å². The van der Waals surface area contributed by atoms with Gasteiger partial charge in [0.15, 0.2) is 0 Å². The minimum absolute atomic E-state index is 0.512. The van der Waals surface area contributed by atoms with E-state index in [1.807, 2.05) is 22.8 Å². The van der Waals surface area contributed by atoms with E-state index in [-0.39, 0.29) is 0 Å². The molecule has 0 amide bonds. The number of anilines is 1. The molecule has 0 saturated heterocycles. The molecule has 0 saturated carbocycles. The molecule has 0 fully saturated rings. The summed E-state index contributed by atoms with van der Waals surface area (Å²) in [5.41, 5.74) is 10.3. The average molecular weight is 272 g/mol. The number of hydrogen-bond acceptors (Lipinski definition) is 2. The fourth-order valence-corrected chi connectivity index (χ4v) is 2.32. The van der Waals surface area contributed by atoms with Gasteiger partial charge in [-0.05, 0) is 30.7 Å². The van der Waals surface area contributed by atoms with Crippen molar-refractivity contribution in [2.75, 3.05) is 5.73 Å². The maximum absolute atomic E-state index is 6.04. The minimum Gasteiger partial charge on any atom is -0.369 e. The number of fused-ring (bicyclic) bond motifs is 1. The Morgan fingerprint density at radius 2 is 1.89 bits per heavy atom. The highest BCUT2D eigenvalue weighted by molar-refractivity contribution is 6.31. The molecule has 3 nitrogen and oxygen atoms in total. The third-order valence-electron chi connectivity index (χ3n) is 3.20. The lowest BCUT2D eigenvalue weighted by Gasteiger charge is -2.07. The van der Waals surface area contributed by atoms with E-state index in [0.29, 0.717) is 17.5 Å². The minimum atomic E-state index is 0.512. The van der Waals surface area contributed by atoms with Gasteiger partial charge in [-0.15, -0.1) is 0 Å². The molecule has 0 bridgehead atoms. The normalized spacial score (nSPS) is 11.1. The van der Waals surface area contributed by atoms with Gasteiger partial charge in [-0.2, -0.15) is 0 Å². The Kier molecular flexibility index (Phi) is 2.91. The summed E-state index contributed by atoms with van der Waals surface area (Å²) in [6, 6.07) is 14.0. The van der Waals surface area contributed by atoms with E-state index >= 15 is 0 Å². The van der Waals surface area contributed by atoms with Crippen molar-refractivity contribution in [1.82, 2.24) is 9.55 Å². The molecule has 1 heterocycles. The van der Waals surface area contributed by atoms with Crippen molar-refractivity contribution >= 4 is 28.6 Å². The molecule has 0 aliphatic heterocycles. The molecular weight excluding hydrogens is 258 g/mol. The SMILES string of the molecule is Cc1ccc(Cn2c(N)nc3ccc(Cl)cc32)cc1. The first-order chi connectivity index (χ1) is 9.13. The molecule has 2 aromatic carbocycles. The van der Waals surface area contributed by atoms with Crippen LogP contribution in [-0.4, -0.2) is 9.55 Å². The standard InChI is InChI=1S/C15H14ClN3/c1-10-2-4-11(5-3-10)9-19-14-8-12(16)6-7-13(14)18-15(19)17/h2-8H,9H2,1H3,(H2,17,18). The Bertz CT molecular complexity index is 729. The van der Waals surface area contributed by atoms with E-state index in [1.54, 1.807) is 0 Å². The number of rotatable bonds is 2. The summed E-state index contributed by atoms with van der Waals surface area (Å²) in [6.45, 7) is 2.77. The van der Waals surface area contributed by atoms with Crippen molar-refractivity contribution in [3.8, 4) is 0 Å². The molecule has 1 aromatic heterocycles. The van der Waals surface area contributed by atoms with Crippen molar-refractivity contribution in [3.63, 3.8) is 0 Å². The number of nitrogen functional groups attached to an aromatic ring is 1. The first-order valence-electron chi connectivity index (χ1n) is 6.10. The van der Waals surface area contributed by atoms with Crippen molar-refractivity contribution in [2.24, 2.45) is 0 Å². The number of aryl methyl sites for hydroxylation is 1. The van der Waals surface area contributed by atoms with E-state index in [1.165, 1.54) is 11.1 Å². The van der Waals surface area contributed by atoms with E-state index in [0.717, 1.165) is 11.0 Å². The van der Waals surface area contributed by atoms with E-state index in [4.69, 9.17) is 17.3 Å². The molecule has 4 heteroatoms. The third kappa shape index (κ3) is 2.29. The predicted molar refractivity (Wildman–Crippen MR) is 79.4 cm³/mol. The smallest absolute Gasteiger partial charge is 0.201 e. The van der Waals surface area contributed by atoms with Crippen molar-refractivity contribution in [1.29, 1.82) is 0 Å². The Morgan fingerprint density at radius 3 is 2.63 bits per heavy atom.